The summed E-state index contributed by atoms with van der Waals surface area (Å²) in [7, 11) is 0. The van der Waals surface area contributed by atoms with Crippen molar-refractivity contribution in [2.75, 3.05) is 5.75 Å². The first-order valence-electron chi connectivity index (χ1n) is 5.97. The van der Waals surface area contributed by atoms with Crippen molar-refractivity contribution in [1.29, 1.82) is 0 Å². The minimum absolute atomic E-state index is 0.145. The van der Waals surface area contributed by atoms with Crippen LogP contribution in [0.5, 0.6) is 6.01 Å². The Labute approximate surface area is 113 Å². The maximum absolute atomic E-state index is 9.63. The molecular weight excluding hydrogens is 260 g/mol. The van der Waals surface area contributed by atoms with E-state index in [2.05, 4.69) is 33.3 Å². The monoisotopic (exact) mass is 270 g/mol. The Morgan fingerprint density at radius 3 is 3.16 bits per heavy atom. The zero-order chi connectivity index (χ0) is 12.8. The van der Waals surface area contributed by atoms with Gasteiger partial charge in [-0.1, -0.05) is 6.07 Å². The van der Waals surface area contributed by atoms with E-state index in [1.807, 2.05) is 11.8 Å². The second-order valence-electron chi connectivity index (χ2n) is 4.39. The molecule has 0 amide bonds. The molecule has 0 aliphatic carbocycles. The summed E-state index contributed by atoms with van der Waals surface area (Å²) in [5.41, 5.74) is 3.99. The minimum Gasteiger partial charge on any atom is -0.479 e. The summed E-state index contributed by atoms with van der Waals surface area (Å²) in [5, 5.41) is 13.8. The van der Waals surface area contributed by atoms with Crippen molar-refractivity contribution in [1.82, 2.24) is 19.6 Å². The highest BCUT2D eigenvalue weighted by molar-refractivity contribution is 7.99. The quantitative estimate of drug-likeness (QED) is 0.734. The van der Waals surface area contributed by atoms with Crippen LogP contribution < -0.4 is 0 Å². The molecule has 3 aromatic rings. The molecule has 2 aromatic heterocycles. The molecule has 3 heterocycles. The Balaban J connectivity index is 1.93. The first kappa shape index (κ1) is 10.8. The summed E-state index contributed by atoms with van der Waals surface area (Å²) < 4.78 is 1.34. The first-order valence-corrected chi connectivity index (χ1v) is 6.95. The van der Waals surface area contributed by atoms with Gasteiger partial charge in [-0.25, -0.2) is 4.98 Å². The van der Waals surface area contributed by atoms with E-state index in [0.717, 1.165) is 23.3 Å². The molecule has 6 heteroatoms. The molecule has 19 heavy (non-hydrogen) atoms. The maximum atomic E-state index is 9.63. The van der Waals surface area contributed by atoms with Crippen LogP contribution in [-0.4, -0.2) is 30.4 Å². The average molecular weight is 270 g/mol. The molecular formula is C13H10N4OS. The summed E-state index contributed by atoms with van der Waals surface area (Å²) in [5.74, 6) is 1.15. The van der Waals surface area contributed by atoms with Crippen LogP contribution in [0, 0.1) is 0 Å². The summed E-state index contributed by atoms with van der Waals surface area (Å²) in [6, 6.07) is 6.26. The standard InChI is InChI=1S/C13H10N4OS/c18-13-15-7-14-12-10(6-16-17(12)13)8-1-2-11-9(5-8)3-4-19-11/h1-2,5-7H,3-4H2,(H,14,15,18). The molecule has 94 valence electrons. The van der Waals surface area contributed by atoms with Gasteiger partial charge in [0.1, 0.15) is 6.33 Å². The highest BCUT2D eigenvalue weighted by Gasteiger charge is 2.15. The summed E-state index contributed by atoms with van der Waals surface area (Å²) in [4.78, 5) is 9.27. The molecule has 0 saturated carbocycles. The SMILES string of the molecule is Oc1ncnc2c(-c3ccc4c(c3)CCS4)cnn12. The van der Waals surface area contributed by atoms with E-state index in [4.69, 9.17) is 0 Å². The summed E-state index contributed by atoms with van der Waals surface area (Å²) in [6.07, 6.45) is 4.17. The van der Waals surface area contributed by atoms with Gasteiger partial charge in [0.25, 0.3) is 0 Å². The largest absolute Gasteiger partial charge is 0.479 e. The molecule has 0 spiro atoms. The molecule has 0 radical (unpaired) electrons. The number of aryl methyl sites for hydroxylation is 1. The number of hydrogen-bond acceptors (Lipinski definition) is 5. The van der Waals surface area contributed by atoms with Gasteiger partial charge in [-0.05, 0) is 29.7 Å². The van der Waals surface area contributed by atoms with Gasteiger partial charge in [0.15, 0.2) is 5.65 Å². The van der Waals surface area contributed by atoms with E-state index < -0.39 is 0 Å². The molecule has 5 nitrogen and oxygen atoms in total. The van der Waals surface area contributed by atoms with Crippen LogP contribution in [0.25, 0.3) is 16.8 Å². The Bertz CT molecular complexity index is 783. The van der Waals surface area contributed by atoms with Gasteiger partial charge in [-0.2, -0.15) is 14.6 Å². The summed E-state index contributed by atoms with van der Waals surface area (Å²) >= 11 is 1.89. The normalized spacial score (nSPS) is 13.9. The van der Waals surface area contributed by atoms with Crippen molar-refractivity contribution >= 4 is 17.4 Å². The predicted octanol–water partition coefficient (Wildman–Crippen LogP) is 2.15. The second kappa shape index (κ2) is 3.96. The molecule has 0 atom stereocenters. The Kier molecular flexibility index (Phi) is 2.25. The number of aromatic hydroxyl groups is 1. The van der Waals surface area contributed by atoms with E-state index in [0.29, 0.717) is 5.65 Å². The number of hydrogen-bond donors (Lipinski definition) is 1. The number of thioether (sulfide) groups is 1. The fourth-order valence-corrected chi connectivity index (χ4v) is 3.41. The number of benzene rings is 1. The van der Waals surface area contributed by atoms with E-state index >= 15 is 0 Å². The lowest BCUT2D eigenvalue weighted by atomic mass is 10.0. The van der Waals surface area contributed by atoms with Crippen molar-refractivity contribution in [3.8, 4) is 17.1 Å². The lowest BCUT2D eigenvalue weighted by Crippen LogP contribution is -1.93. The number of rotatable bonds is 1. The van der Waals surface area contributed by atoms with E-state index in [1.165, 1.54) is 21.3 Å². The fourth-order valence-electron chi connectivity index (χ4n) is 2.36. The van der Waals surface area contributed by atoms with Crippen LogP contribution in [0.15, 0.2) is 35.6 Å². The van der Waals surface area contributed by atoms with Crippen molar-refractivity contribution in [3.05, 3.63) is 36.3 Å². The topological polar surface area (TPSA) is 63.3 Å². The molecule has 0 saturated heterocycles. The van der Waals surface area contributed by atoms with Gasteiger partial charge in [0.2, 0.25) is 0 Å². The molecule has 0 fully saturated rings. The zero-order valence-electron chi connectivity index (χ0n) is 9.95. The highest BCUT2D eigenvalue weighted by Crippen LogP contribution is 2.35. The van der Waals surface area contributed by atoms with Gasteiger partial charge in [0.05, 0.1) is 6.20 Å². The third-order valence-electron chi connectivity index (χ3n) is 3.29. The third-order valence-corrected chi connectivity index (χ3v) is 4.40. The number of aromatic nitrogens is 4. The molecule has 1 N–H and O–H groups in total. The van der Waals surface area contributed by atoms with Crippen molar-refractivity contribution in [2.24, 2.45) is 0 Å². The second-order valence-corrected chi connectivity index (χ2v) is 5.53. The van der Waals surface area contributed by atoms with Gasteiger partial charge in [-0.15, -0.1) is 11.8 Å². The Hall–Kier alpha value is -2.08. The van der Waals surface area contributed by atoms with Crippen LogP contribution in [0.1, 0.15) is 5.56 Å². The third kappa shape index (κ3) is 1.60. The number of fused-ring (bicyclic) bond motifs is 2. The van der Waals surface area contributed by atoms with Gasteiger partial charge >= 0.3 is 6.01 Å². The maximum Gasteiger partial charge on any atom is 0.318 e. The lowest BCUT2D eigenvalue weighted by molar-refractivity contribution is 0.411. The molecule has 4 rings (SSSR count). The van der Waals surface area contributed by atoms with Gasteiger partial charge < -0.3 is 5.11 Å². The molecule has 1 aromatic carbocycles. The van der Waals surface area contributed by atoms with E-state index in [9.17, 15) is 5.11 Å². The van der Waals surface area contributed by atoms with Crippen LogP contribution in [-0.2, 0) is 6.42 Å². The molecule has 1 aliphatic heterocycles. The van der Waals surface area contributed by atoms with Crippen LogP contribution in [0.4, 0.5) is 0 Å². The van der Waals surface area contributed by atoms with E-state index in [1.54, 1.807) is 6.20 Å². The average Bonchev–Trinajstić information content (AvgIpc) is 3.04. The minimum atomic E-state index is -0.145. The lowest BCUT2D eigenvalue weighted by Gasteiger charge is -2.02. The van der Waals surface area contributed by atoms with Crippen molar-refractivity contribution < 1.29 is 5.11 Å². The Morgan fingerprint density at radius 1 is 1.26 bits per heavy atom. The first-order chi connectivity index (χ1) is 9.33. The van der Waals surface area contributed by atoms with Crippen LogP contribution in [0.3, 0.4) is 0 Å². The highest BCUT2D eigenvalue weighted by atomic mass is 32.2. The van der Waals surface area contributed by atoms with Gasteiger partial charge in [0, 0.05) is 16.2 Å². The van der Waals surface area contributed by atoms with E-state index in [-0.39, 0.29) is 6.01 Å². The van der Waals surface area contributed by atoms with Gasteiger partial charge in [-0.3, -0.25) is 0 Å². The molecule has 1 aliphatic rings. The van der Waals surface area contributed by atoms with Crippen LogP contribution >= 0.6 is 11.8 Å². The fraction of sp³-hybridized carbons (Fsp3) is 0.154. The van der Waals surface area contributed by atoms with Crippen molar-refractivity contribution in [3.63, 3.8) is 0 Å². The smallest absolute Gasteiger partial charge is 0.318 e. The number of nitrogens with zero attached hydrogens (tertiary/aromatic N) is 4. The zero-order valence-corrected chi connectivity index (χ0v) is 10.8. The molecule has 0 unspecified atom stereocenters. The predicted molar refractivity (Wildman–Crippen MR) is 72.3 cm³/mol. The Morgan fingerprint density at radius 2 is 2.21 bits per heavy atom. The molecule has 0 bridgehead atoms. The van der Waals surface area contributed by atoms with Crippen LogP contribution in [0.2, 0.25) is 0 Å². The summed E-state index contributed by atoms with van der Waals surface area (Å²) in [6.45, 7) is 0. The van der Waals surface area contributed by atoms with Crippen molar-refractivity contribution in [2.45, 2.75) is 11.3 Å².